The Hall–Kier alpha value is -2.09. The molecule has 0 aliphatic heterocycles. The van der Waals surface area contributed by atoms with Crippen molar-refractivity contribution in [2.24, 2.45) is 0 Å². The van der Waals surface area contributed by atoms with Crippen molar-refractivity contribution < 1.29 is 12.9 Å². The van der Waals surface area contributed by atoms with Gasteiger partial charge in [-0.3, -0.25) is 0 Å². The van der Waals surface area contributed by atoms with Crippen molar-refractivity contribution in [2.45, 2.75) is 25.3 Å². The topological polar surface area (TPSA) is 97.1 Å². The number of aromatic nitrogens is 2. The molecule has 20 heavy (non-hydrogen) atoms. The minimum atomic E-state index is -3.82. The first-order valence-corrected chi connectivity index (χ1v) is 7.66. The minimum Gasteiger partial charge on any atom is -0.383 e. The molecule has 0 aromatic carbocycles. The van der Waals surface area contributed by atoms with E-state index < -0.39 is 10.0 Å². The van der Waals surface area contributed by atoms with Gasteiger partial charge in [-0.2, -0.15) is 8.42 Å². The predicted molar refractivity (Wildman–Crippen MR) is 75.1 cm³/mol. The van der Waals surface area contributed by atoms with E-state index in [2.05, 4.69) is 20.2 Å². The zero-order chi connectivity index (χ0) is 14.6. The second-order valence-electron chi connectivity index (χ2n) is 4.22. The summed E-state index contributed by atoms with van der Waals surface area (Å²) >= 11 is 0. The van der Waals surface area contributed by atoms with Crippen LogP contribution >= 0.6 is 0 Å². The highest BCUT2D eigenvalue weighted by molar-refractivity contribution is 7.92. The Kier molecular flexibility index (Phi) is 4.23. The lowest BCUT2D eigenvalue weighted by atomic mass is 10.4. The molecule has 0 saturated carbocycles. The monoisotopic (exact) mass is 296 g/mol. The summed E-state index contributed by atoms with van der Waals surface area (Å²) in [5.41, 5.74) is 1.05. The molecule has 0 saturated heterocycles. The van der Waals surface area contributed by atoms with E-state index >= 15 is 0 Å². The molecule has 0 bridgehead atoms. The van der Waals surface area contributed by atoms with Crippen LogP contribution in [0.2, 0.25) is 0 Å². The lowest BCUT2D eigenvalue weighted by Crippen LogP contribution is -2.17. The van der Waals surface area contributed by atoms with E-state index in [0.29, 0.717) is 17.9 Å². The Morgan fingerprint density at radius 1 is 1.40 bits per heavy atom. The predicted octanol–water partition coefficient (Wildman–Crippen LogP) is 2.00. The average Bonchev–Trinajstić information content (AvgIpc) is 2.81. The molecule has 8 heteroatoms. The van der Waals surface area contributed by atoms with Crippen molar-refractivity contribution in [2.75, 3.05) is 16.6 Å². The van der Waals surface area contributed by atoms with E-state index in [9.17, 15) is 8.42 Å². The third-order valence-electron chi connectivity index (χ3n) is 2.45. The molecule has 2 rings (SSSR count). The van der Waals surface area contributed by atoms with Gasteiger partial charge in [-0.1, -0.05) is 12.1 Å². The summed E-state index contributed by atoms with van der Waals surface area (Å²) in [6.07, 6.45) is 2.31. The quantitative estimate of drug-likeness (QED) is 0.846. The second-order valence-corrected chi connectivity index (χ2v) is 5.82. The summed E-state index contributed by atoms with van der Waals surface area (Å²) in [5, 5.41) is 6.59. The number of pyridine rings is 1. The van der Waals surface area contributed by atoms with Gasteiger partial charge in [0.15, 0.2) is 5.03 Å². The van der Waals surface area contributed by atoms with Gasteiger partial charge in [-0.15, -0.1) is 0 Å². The molecular formula is C12H16N4O3S. The zero-order valence-electron chi connectivity index (χ0n) is 11.3. The van der Waals surface area contributed by atoms with Crippen LogP contribution in [0.5, 0.6) is 0 Å². The van der Waals surface area contributed by atoms with E-state index in [1.165, 1.54) is 12.3 Å². The maximum absolute atomic E-state index is 12.3. The van der Waals surface area contributed by atoms with Crippen LogP contribution in [0.25, 0.3) is 0 Å². The van der Waals surface area contributed by atoms with E-state index in [0.717, 1.165) is 6.42 Å². The second kappa shape index (κ2) is 5.91. The highest BCUT2D eigenvalue weighted by atomic mass is 32.2. The van der Waals surface area contributed by atoms with Crippen LogP contribution in [-0.4, -0.2) is 25.1 Å². The van der Waals surface area contributed by atoms with Gasteiger partial charge in [0.05, 0.1) is 11.4 Å². The molecule has 0 unspecified atom stereocenters. The molecule has 2 aromatic heterocycles. The Morgan fingerprint density at radius 3 is 2.85 bits per heavy atom. The van der Waals surface area contributed by atoms with Gasteiger partial charge in [0.2, 0.25) is 5.88 Å². The van der Waals surface area contributed by atoms with E-state index in [-0.39, 0.29) is 10.9 Å². The number of nitrogens with one attached hydrogen (secondary N) is 2. The number of hydrogen-bond donors (Lipinski definition) is 2. The highest BCUT2D eigenvalue weighted by Gasteiger charge is 2.21. The smallest absolute Gasteiger partial charge is 0.283 e. The molecular weight excluding hydrogens is 280 g/mol. The number of hydrogen-bond acceptors (Lipinski definition) is 6. The van der Waals surface area contributed by atoms with E-state index in [4.69, 9.17) is 4.52 Å². The molecule has 0 atom stereocenters. The summed E-state index contributed by atoms with van der Waals surface area (Å²) in [4.78, 5) is 3.93. The maximum atomic E-state index is 12.3. The molecule has 0 amide bonds. The summed E-state index contributed by atoms with van der Waals surface area (Å²) < 4.78 is 31.8. The molecule has 2 N–H and O–H groups in total. The van der Waals surface area contributed by atoms with Crippen molar-refractivity contribution in [3.05, 3.63) is 30.1 Å². The third kappa shape index (κ3) is 3.27. The van der Waals surface area contributed by atoms with Crippen LogP contribution in [0, 0.1) is 6.92 Å². The van der Waals surface area contributed by atoms with Gasteiger partial charge < -0.3 is 9.84 Å². The van der Waals surface area contributed by atoms with Gasteiger partial charge in [-0.25, -0.2) is 9.71 Å². The van der Waals surface area contributed by atoms with Crippen LogP contribution in [0.4, 0.5) is 11.6 Å². The number of nitrogens with zero attached hydrogens (tertiary/aromatic N) is 2. The lowest BCUT2D eigenvalue weighted by Gasteiger charge is -2.10. The van der Waals surface area contributed by atoms with Gasteiger partial charge in [0.1, 0.15) is 0 Å². The minimum absolute atomic E-state index is 0.0644. The van der Waals surface area contributed by atoms with E-state index in [1.54, 1.807) is 19.1 Å². The summed E-state index contributed by atoms with van der Waals surface area (Å²) in [5.74, 6) is 0.0644. The number of rotatable bonds is 6. The first kappa shape index (κ1) is 14.3. The molecule has 7 nitrogen and oxygen atoms in total. The van der Waals surface area contributed by atoms with Crippen LogP contribution in [-0.2, 0) is 10.0 Å². The van der Waals surface area contributed by atoms with Gasteiger partial charge in [0, 0.05) is 18.8 Å². The van der Waals surface area contributed by atoms with Crippen molar-refractivity contribution in [1.82, 2.24) is 10.1 Å². The van der Waals surface area contributed by atoms with Crippen LogP contribution in [0.15, 0.2) is 33.9 Å². The van der Waals surface area contributed by atoms with Crippen molar-refractivity contribution >= 4 is 21.6 Å². The number of aryl methyl sites for hydroxylation is 1. The normalized spacial score (nSPS) is 11.3. The first-order valence-electron chi connectivity index (χ1n) is 6.18. The van der Waals surface area contributed by atoms with Crippen LogP contribution in [0.3, 0.4) is 0 Å². The lowest BCUT2D eigenvalue weighted by molar-refractivity contribution is 0.430. The SMILES string of the molecule is CCCNc1cccnc1S(=O)(=O)Nc1cc(C)no1. The summed E-state index contributed by atoms with van der Waals surface area (Å²) in [7, 11) is -3.82. The molecule has 2 aromatic rings. The Labute approximate surface area is 117 Å². The molecule has 0 spiro atoms. The van der Waals surface area contributed by atoms with E-state index in [1.807, 2.05) is 6.92 Å². The highest BCUT2D eigenvalue weighted by Crippen LogP contribution is 2.21. The van der Waals surface area contributed by atoms with Crippen LogP contribution < -0.4 is 10.0 Å². The Bertz CT molecular complexity index is 682. The molecule has 0 aliphatic rings. The summed E-state index contributed by atoms with van der Waals surface area (Å²) in [6, 6.07) is 4.85. The van der Waals surface area contributed by atoms with Crippen molar-refractivity contribution in [3.63, 3.8) is 0 Å². The van der Waals surface area contributed by atoms with Gasteiger partial charge >= 0.3 is 0 Å². The molecule has 0 fully saturated rings. The third-order valence-corrected chi connectivity index (χ3v) is 3.76. The van der Waals surface area contributed by atoms with Gasteiger partial charge in [-0.05, 0) is 25.5 Å². The average molecular weight is 296 g/mol. The Balaban J connectivity index is 2.29. The fourth-order valence-electron chi connectivity index (χ4n) is 1.59. The zero-order valence-corrected chi connectivity index (χ0v) is 12.1. The van der Waals surface area contributed by atoms with Gasteiger partial charge in [0.25, 0.3) is 10.0 Å². The Morgan fingerprint density at radius 2 is 2.20 bits per heavy atom. The largest absolute Gasteiger partial charge is 0.383 e. The molecule has 0 radical (unpaired) electrons. The molecule has 2 heterocycles. The summed E-state index contributed by atoms with van der Waals surface area (Å²) in [6.45, 7) is 4.36. The fraction of sp³-hybridized carbons (Fsp3) is 0.333. The fourth-order valence-corrected chi connectivity index (χ4v) is 2.68. The number of anilines is 2. The maximum Gasteiger partial charge on any atom is 0.283 e. The standard InChI is InChI=1S/C12H16N4O3S/c1-3-6-13-10-5-4-7-14-12(10)20(17,18)16-11-8-9(2)15-19-11/h4-5,7-8,13,16H,3,6H2,1-2H3. The van der Waals surface area contributed by atoms with Crippen LogP contribution in [0.1, 0.15) is 19.0 Å². The van der Waals surface area contributed by atoms with Crippen molar-refractivity contribution in [3.8, 4) is 0 Å². The molecule has 0 aliphatic carbocycles. The van der Waals surface area contributed by atoms with Crippen molar-refractivity contribution in [1.29, 1.82) is 0 Å². The first-order chi connectivity index (χ1) is 9.53. The number of sulfonamides is 1. The molecule has 108 valence electrons.